The first-order chi connectivity index (χ1) is 12.4. The largest absolute Gasteiger partial charge is 0.490 e. The highest BCUT2D eigenvalue weighted by molar-refractivity contribution is 6.30. The number of imidazole rings is 1. The van der Waals surface area contributed by atoms with Gasteiger partial charge in [-0.15, -0.1) is 0 Å². The number of carbonyl (C=O) groups excluding carboxylic acids is 1. The molecule has 3 aromatic rings. The number of ether oxygens (including phenoxy) is 2. The van der Waals surface area contributed by atoms with Crippen molar-refractivity contribution in [2.75, 3.05) is 6.61 Å². The maximum absolute atomic E-state index is 11.5. The van der Waals surface area contributed by atoms with Gasteiger partial charge in [0.2, 0.25) is 0 Å². The van der Waals surface area contributed by atoms with Crippen molar-refractivity contribution >= 4 is 28.6 Å². The fourth-order valence-corrected chi connectivity index (χ4v) is 2.96. The lowest BCUT2D eigenvalue weighted by molar-refractivity contribution is -0.148. The molecule has 26 heavy (non-hydrogen) atoms. The molecule has 1 atom stereocenters. The third kappa shape index (κ3) is 4.35. The maximum atomic E-state index is 11.5. The van der Waals surface area contributed by atoms with Crippen LogP contribution < -0.4 is 4.74 Å². The molecule has 1 unspecified atom stereocenters. The van der Waals surface area contributed by atoms with Gasteiger partial charge in [0.25, 0.3) is 0 Å². The molecule has 0 fully saturated rings. The van der Waals surface area contributed by atoms with Crippen LogP contribution >= 0.6 is 11.6 Å². The van der Waals surface area contributed by atoms with Crippen LogP contribution in [0.4, 0.5) is 0 Å². The Kier molecular flexibility index (Phi) is 5.47. The maximum Gasteiger partial charge on any atom is 0.303 e. The van der Waals surface area contributed by atoms with Crippen LogP contribution in [0.3, 0.4) is 0 Å². The second-order valence-electron chi connectivity index (χ2n) is 6.32. The van der Waals surface area contributed by atoms with E-state index in [1.165, 1.54) is 18.1 Å². The second kappa shape index (κ2) is 7.79. The van der Waals surface area contributed by atoms with Gasteiger partial charge < -0.3 is 14.0 Å². The Bertz CT molecular complexity index is 936. The highest BCUT2D eigenvalue weighted by Crippen LogP contribution is 2.20. The van der Waals surface area contributed by atoms with Crippen LogP contribution in [0.5, 0.6) is 5.75 Å². The van der Waals surface area contributed by atoms with Crippen molar-refractivity contribution < 1.29 is 14.3 Å². The molecule has 0 radical (unpaired) electrons. The van der Waals surface area contributed by atoms with Gasteiger partial charge >= 0.3 is 5.97 Å². The molecular weight excluding hydrogens is 352 g/mol. The summed E-state index contributed by atoms with van der Waals surface area (Å²) in [6.45, 7) is 6.21. The highest BCUT2D eigenvalue weighted by Gasteiger charge is 2.16. The van der Waals surface area contributed by atoms with Crippen molar-refractivity contribution in [1.82, 2.24) is 9.55 Å². The van der Waals surface area contributed by atoms with E-state index < -0.39 is 6.10 Å². The van der Waals surface area contributed by atoms with Crippen LogP contribution in [-0.2, 0) is 16.1 Å². The van der Waals surface area contributed by atoms with Crippen molar-refractivity contribution in [2.45, 2.75) is 33.4 Å². The van der Waals surface area contributed by atoms with Crippen LogP contribution in [0.2, 0.25) is 5.02 Å². The van der Waals surface area contributed by atoms with E-state index in [4.69, 9.17) is 21.1 Å². The molecule has 2 aromatic carbocycles. The number of halogens is 1. The summed E-state index contributed by atoms with van der Waals surface area (Å²) in [5.74, 6) is 0.290. The molecule has 0 N–H and O–H groups in total. The first-order valence-electron chi connectivity index (χ1n) is 8.40. The van der Waals surface area contributed by atoms with E-state index in [0.717, 1.165) is 11.0 Å². The minimum absolute atomic E-state index is 0.227. The monoisotopic (exact) mass is 372 g/mol. The Morgan fingerprint density at radius 3 is 2.73 bits per heavy atom. The van der Waals surface area contributed by atoms with Crippen LogP contribution in [0.1, 0.15) is 18.1 Å². The number of rotatable bonds is 6. The number of aromatic nitrogens is 2. The van der Waals surface area contributed by atoms with Crippen LogP contribution in [0.15, 0.2) is 42.7 Å². The second-order valence-corrected chi connectivity index (χ2v) is 6.76. The lowest BCUT2D eigenvalue weighted by Crippen LogP contribution is -2.28. The van der Waals surface area contributed by atoms with E-state index in [-0.39, 0.29) is 12.6 Å². The number of aryl methyl sites for hydroxylation is 2. The minimum Gasteiger partial charge on any atom is -0.490 e. The van der Waals surface area contributed by atoms with Gasteiger partial charge in [-0.3, -0.25) is 4.79 Å². The first kappa shape index (κ1) is 18.3. The molecule has 0 spiro atoms. The molecule has 5 nitrogen and oxygen atoms in total. The fraction of sp³-hybridized carbons (Fsp3) is 0.300. The van der Waals surface area contributed by atoms with Crippen molar-refractivity contribution in [3.05, 3.63) is 58.9 Å². The molecule has 0 aliphatic heterocycles. The molecule has 0 saturated heterocycles. The zero-order valence-electron chi connectivity index (χ0n) is 15.0. The van der Waals surface area contributed by atoms with E-state index >= 15 is 0 Å². The lowest BCUT2D eigenvalue weighted by Gasteiger charge is -2.19. The Labute approximate surface area is 157 Å². The average Bonchev–Trinajstić information content (AvgIpc) is 2.94. The third-order valence-corrected chi connectivity index (χ3v) is 4.44. The summed E-state index contributed by atoms with van der Waals surface area (Å²) in [6, 6.07) is 11.3. The molecule has 6 heteroatoms. The van der Waals surface area contributed by atoms with Gasteiger partial charge in [0.1, 0.15) is 12.4 Å². The number of carbonyl (C=O) groups is 1. The number of hydrogen-bond acceptors (Lipinski definition) is 4. The summed E-state index contributed by atoms with van der Waals surface area (Å²) in [4.78, 5) is 15.9. The number of nitrogens with zero attached hydrogens (tertiary/aromatic N) is 2. The van der Waals surface area contributed by atoms with Gasteiger partial charge in [-0.1, -0.05) is 17.7 Å². The van der Waals surface area contributed by atoms with Gasteiger partial charge in [-0.25, -0.2) is 4.98 Å². The number of fused-ring (bicyclic) bond motifs is 1. The first-order valence-corrected chi connectivity index (χ1v) is 8.78. The Hall–Kier alpha value is -2.53. The number of esters is 1. The van der Waals surface area contributed by atoms with E-state index in [2.05, 4.69) is 31.0 Å². The molecule has 1 aromatic heterocycles. The fourth-order valence-electron chi connectivity index (χ4n) is 2.78. The molecule has 3 rings (SSSR count). The minimum atomic E-state index is -0.439. The van der Waals surface area contributed by atoms with Crippen LogP contribution in [-0.4, -0.2) is 28.2 Å². The van der Waals surface area contributed by atoms with Gasteiger partial charge in [0.15, 0.2) is 6.10 Å². The summed E-state index contributed by atoms with van der Waals surface area (Å²) in [5, 5.41) is 0.595. The summed E-state index contributed by atoms with van der Waals surface area (Å²) >= 11 is 5.97. The molecule has 0 saturated carbocycles. The van der Waals surface area contributed by atoms with Crippen molar-refractivity contribution in [3.8, 4) is 5.75 Å². The van der Waals surface area contributed by atoms with Gasteiger partial charge in [0, 0.05) is 11.9 Å². The Morgan fingerprint density at radius 2 is 2.00 bits per heavy atom. The SMILES string of the molecule is CC(=O)OC(COc1cccc(Cl)c1)Cn1cnc2cc(C)c(C)cc21. The predicted molar refractivity (Wildman–Crippen MR) is 102 cm³/mol. The van der Waals surface area contributed by atoms with Gasteiger partial charge in [0.05, 0.1) is 23.9 Å². The summed E-state index contributed by atoms with van der Waals surface area (Å²) in [5.41, 5.74) is 4.32. The summed E-state index contributed by atoms with van der Waals surface area (Å²) < 4.78 is 13.2. The van der Waals surface area contributed by atoms with Crippen molar-refractivity contribution in [3.63, 3.8) is 0 Å². The smallest absolute Gasteiger partial charge is 0.303 e. The number of hydrogen-bond donors (Lipinski definition) is 0. The van der Waals surface area contributed by atoms with Crippen LogP contribution in [0, 0.1) is 13.8 Å². The predicted octanol–water partition coefficient (Wildman–Crippen LogP) is 4.32. The standard InChI is InChI=1S/C20H21ClN2O3/c1-13-7-19-20(8-14(13)2)23(12-22-19)10-18(26-15(3)24)11-25-17-6-4-5-16(21)9-17/h4-9,12,18H,10-11H2,1-3H3. The van der Waals surface area contributed by atoms with Gasteiger partial charge in [-0.2, -0.15) is 0 Å². The zero-order chi connectivity index (χ0) is 18.7. The Morgan fingerprint density at radius 1 is 1.23 bits per heavy atom. The molecule has 0 aliphatic carbocycles. The molecule has 0 amide bonds. The summed E-state index contributed by atoms with van der Waals surface area (Å²) in [6.07, 6.45) is 1.32. The quantitative estimate of drug-likeness (QED) is 0.605. The van der Waals surface area contributed by atoms with Gasteiger partial charge in [-0.05, 0) is 55.3 Å². The number of benzene rings is 2. The van der Waals surface area contributed by atoms with E-state index in [0.29, 0.717) is 17.3 Å². The molecule has 136 valence electrons. The topological polar surface area (TPSA) is 53.4 Å². The molecule has 0 bridgehead atoms. The highest BCUT2D eigenvalue weighted by atomic mass is 35.5. The summed E-state index contributed by atoms with van der Waals surface area (Å²) in [7, 11) is 0. The van der Waals surface area contributed by atoms with E-state index in [9.17, 15) is 4.79 Å². The average molecular weight is 373 g/mol. The van der Waals surface area contributed by atoms with Crippen molar-refractivity contribution in [1.29, 1.82) is 0 Å². The lowest BCUT2D eigenvalue weighted by atomic mass is 10.1. The van der Waals surface area contributed by atoms with E-state index in [1.54, 1.807) is 18.5 Å². The Balaban J connectivity index is 1.78. The molecular formula is C20H21ClN2O3. The third-order valence-electron chi connectivity index (χ3n) is 4.20. The van der Waals surface area contributed by atoms with Crippen LogP contribution in [0.25, 0.3) is 11.0 Å². The molecule has 1 heterocycles. The van der Waals surface area contributed by atoms with Crippen molar-refractivity contribution in [2.24, 2.45) is 0 Å². The normalized spacial score (nSPS) is 12.2. The zero-order valence-corrected chi connectivity index (χ0v) is 15.8. The molecule has 0 aliphatic rings. The van der Waals surface area contributed by atoms with E-state index in [1.807, 2.05) is 16.7 Å².